The predicted molar refractivity (Wildman–Crippen MR) is 72.1 cm³/mol. The van der Waals surface area contributed by atoms with Crippen LogP contribution in [0.5, 0.6) is 0 Å². The third-order valence-corrected chi connectivity index (χ3v) is 3.12. The summed E-state index contributed by atoms with van der Waals surface area (Å²) in [6, 6.07) is 12.8. The summed E-state index contributed by atoms with van der Waals surface area (Å²) in [5.41, 5.74) is 3.18. The maximum atomic E-state index is 13.0. The van der Waals surface area contributed by atoms with E-state index in [0.29, 0.717) is 5.92 Å². The summed E-state index contributed by atoms with van der Waals surface area (Å²) in [4.78, 5) is 4.60. The number of hydrogen-bond acceptors (Lipinski definition) is 1. The Kier molecular flexibility index (Phi) is 3.75. The average Bonchev–Trinajstić information content (AvgIpc) is 2.32. The Balaban J connectivity index is 2.43. The summed E-state index contributed by atoms with van der Waals surface area (Å²) in [5.74, 6) is 0.439. The summed E-state index contributed by atoms with van der Waals surface area (Å²) in [6.45, 7) is 6.32. The van der Waals surface area contributed by atoms with Crippen LogP contribution >= 0.6 is 0 Å². The molecule has 0 spiro atoms. The number of halogens is 1. The lowest BCUT2D eigenvalue weighted by molar-refractivity contribution is 0.549. The van der Waals surface area contributed by atoms with Crippen LogP contribution in [0.3, 0.4) is 0 Å². The smallest absolute Gasteiger partial charge is 0.123 e. The van der Waals surface area contributed by atoms with E-state index >= 15 is 0 Å². The molecule has 0 N–H and O–H groups in total. The van der Waals surface area contributed by atoms with Crippen molar-refractivity contribution >= 4 is 0 Å². The van der Waals surface area contributed by atoms with Gasteiger partial charge in [0.15, 0.2) is 0 Å². The lowest BCUT2D eigenvalue weighted by Gasteiger charge is -2.21. The zero-order valence-electron chi connectivity index (χ0n) is 11.0. The maximum Gasteiger partial charge on any atom is 0.123 e. The number of aryl methyl sites for hydroxylation is 1. The van der Waals surface area contributed by atoms with E-state index in [1.807, 2.05) is 37.3 Å². The van der Waals surface area contributed by atoms with Gasteiger partial charge in [-0.15, -0.1) is 0 Å². The van der Waals surface area contributed by atoms with Gasteiger partial charge in [-0.1, -0.05) is 32.0 Å². The van der Waals surface area contributed by atoms with E-state index in [2.05, 4.69) is 18.8 Å². The van der Waals surface area contributed by atoms with E-state index in [9.17, 15) is 4.39 Å². The first kappa shape index (κ1) is 12.7. The molecular formula is C16H18FN. The van der Waals surface area contributed by atoms with E-state index in [4.69, 9.17) is 0 Å². The topological polar surface area (TPSA) is 12.9 Å². The van der Waals surface area contributed by atoms with Crippen molar-refractivity contribution in [3.05, 3.63) is 65.2 Å². The first-order chi connectivity index (χ1) is 8.58. The molecule has 0 amide bonds. The molecule has 2 heteroatoms. The first-order valence-corrected chi connectivity index (χ1v) is 6.27. The van der Waals surface area contributed by atoms with Crippen LogP contribution in [0.25, 0.3) is 0 Å². The van der Waals surface area contributed by atoms with E-state index in [-0.39, 0.29) is 11.7 Å². The Morgan fingerprint density at radius 2 is 1.67 bits per heavy atom. The van der Waals surface area contributed by atoms with E-state index in [0.717, 1.165) is 17.0 Å². The van der Waals surface area contributed by atoms with Crippen LogP contribution in [0.4, 0.5) is 4.39 Å². The highest BCUT2D eigenvalue weighted by atomic mass is 19.1. The molecule has 0 saturated heterocycles. The zero-order chi connectivity index (χ0) is 13.1. The maximum absolute atomic E-state index is 13.0. The molecule has 0 aliphatic carbocycles. The second-order valence-electron chi connectivity index (χ2n) is 4.98. The van der Waals surface area contributed by atoms with Crippen molar-refractivity contribution in [2.45, 2.75) is 26.7 Å². The van der Waals surface area contributed by atoms with Gasteiger partial charge in [0.05, 0.1) is 0 Å². The molecule has 0 radical (unpaired) electrons. The third kappa shape index (κ3) is 2.76. The van der Waals surface area contributed by atoms with Crippen molar-refractivity contribution in [1.29, 1.82) is 0 Å². The second-order valence-corrected chi connectivity index (χ2v) is 4.98. The van der Waals surface area contributed by atoms with Crippen LogP contribution in [0.1, 0.15) is 36.7 Å². The molecule has 1 unspecified atom stereocenters. The summed E-state index contributed by atoms with van der Waals surface area (Å²) in [7, 11) is 0. The highest BCUT2D eigenvalue weighted by Crippen LogP contribution is 2.30. The number of hydrogen-bond donors (Lipinski definition) is 0. The molecule has 1 aromatic heterocycles. The van der Waals surface area contributed by atoms with Crippen molar-refractivity contribution in [3.63, 3.8) is 0 Å². The molecule has 0 aliphatic rings. The Labute approximate surface area is 108 Å². The van der Waals surface area contributed by atoms with Gasteiger partial charge in [-0.3, -0.25) is 4.98 Å². The Hall–Kier alpha value is -1.70. The quantitative estimate of drug-likeness (QED) is 0.782. The van der Waals surface area contributed by atoms with Crippen LogP contribution < -0.4 is 0 Å². The summed E-state index contributed by atoms with van der Waals surface area (Å²) in [6.07, 6.45) is 0. The highest BCUT2D eigenvalue weighted by Gasteiger charge is 2.19. The SMILES string of the molecule is Cc1cccc(C(c2ccc(F)cc2)C(C)C)n1. The normalized spacial score (nSPS) is 12.7. The van der Waals surface area contributed by atoms with Crippen LogP contribution in [0.2, 0.25) is 0 Å². The molecule has 1 heterocycles. The number of nitrogens with zero attached hydrogens (tertiary/aromatic N) is 1. The molecule has 0 aliphatic heterocycles. The van der Waals surface area contributed by atoms with Crippen LogP contribution in [-0.4, -0.2) is 4.98 Å². The minimum atomic E-state index is -0.196. The molecule has 94 valence electrons. The second kappa shape index (κ2) is 5.30. The highest BCUT2D eigenvalue weighted by molar-refractivity contribution is 5.30. The van der Waals surface area contributed by atoms with E-state index in [1.165, 1.54) is 12.1 Å². The fourth-order valence-electron chi connectivity index (χ4n) is 2.30. The van der Waals surface area contributed by atoms with Gasteiger partial charge in [0.1, 0.15) is 5.82 Å². The Morgan fingerprint density at radius 3 is 2.22 bits per heavy atom. The van der Waals surface area contributed by atoms with Crippen molar-refractivity contribution in [2.24, 2.45) is 5.92 Å². The lowest BCUT2D eigenvalue weighted by atomic mass is 9.85. The van der Waals surface area contributed by atoms with Crippen molar-refractivity contribution in [2.75, 3.05) is 0 Å². The molecule has 0 bridgehead atoms. The molecule has 1 atom stereocenters. The minimum absolute atomic E-state index is 0.196. The van der Waals surface area contributed by atoms with Gasteiger partial charge in [-0.25, -0.2) is 4.39 Å². The van der Waals surface area contributed by atoms with Gasteiger partial charge >= 0.3 is 0 Å². The zero-order valence-corrected chi connectivity index (χ0v) is 11.0. The van der Waals surface area contributed by atoms with Crippen LogP contribution in [0, 0.1) is 18.7 Å². The number of rotatable bonds is 3. The van der Waals surface area contributed by atoms with Crippen molar-refractivity contribution < 1.29 is 4.39 Å². The fourth-order valence-corrected chi connectivity index (χ4v) is 2.30. The largest absolute Gasteiger partial charge is 0.258 e. The van der Waals surface area contributed by atoms with Gasteiger partial charge in [0.2, 0.25) is 0 Å². The molecule has 0 fully saturated rings. The fraction of sp³-hybridized carbons (Fsp3) is 0.312. The van der Waals surface area contributed by atoms with Gasteiger partial charge in [0.25, 0.3) is 0 Å². The minimum Gasteiger partial charge on any atom is -0.258 e. The predicted octanol–water partition coefficient (Wildman–Crippen LogP) is 4.32. The molecule has 0 saturated carbocycles. The first-order valence-electron chi connectivity index (χ1n) is 6.27. The molecule has 2 aromatic rings. The van der Waals surface area contributed by atoms with Crippen LogP contribution in [0.15, 0.2) is 42.5 Å². The number of pyridine rings is 1. The third-order valence-electron chi connectivity index (χ3n) is 3.12. The molecule has 2 rings (SSSR count). The van der Waals surface area contributed by atoms with Gasteiger partial charge in [-0.2, -0.15) is 0 Å². The van der Waals surface area contributed by atoms with Gasteiger partial charge in [-0.05, 0) is 42.7 Å². The number of benzene rings is 1. The number of aromatic nitrogens is 1. The standard InChI is InChI=1S/C16H18FN/c1-11(2)16(13-7-9-14(17)10-8-13)15-6-4-5-12(3)18-15/h4-11,16H,1-3H3. The van der Waals surface area contributed by atoms with Gasteiger partial charge < -0.3 is 0 Å². The van der Waals surface area contributed by atoms with E-state index in [1.54, 1.807) is 0 Å². The lowest BCUT2D eigenvalue weighted by Crippen LogP contribution is -2.10. The molecular weight excluding hydrogens is 225 g/mol. The van der Waals surface area contributed by atoms with E-state index < -0.39 is 0 Å². The molecule has 18 heavy (non-hydrogen) atoms. The summed E-state index contributed by atoms with van der Waals surface area (Å²) in [5, 5.41) is 0. The van der Waals surface area contributed by atoms with Crippen LogP contribution in [-0.2, 0) is 0 Å². The Bertz CT molecular complexity index is 517. The average molecular weight is 243 g/mol. The van der Waals surface area contributed by atoms with Gasteiger partial charge in [0, 0.05) is 17.3 Å². The van der Waals surface area contributed by atoms with Crippen molar-refractivity contribution in [1.82, 2.24) is 4.98 Å². The summed E-state index contributed by atoms with van der Waals surface area (Å²) < 4.78 is 13.0. The molecule has 1 nitrogen and oxygen atoms in total. The monoisotopic (exact) mass is 243 g/mol. The molecule has 1 aromatic carbocycles. The Morgan fingerprint density at radius 1 is 1.00 bits per heavy atom. The van der Waals surface area contributed by atoms with Crippen molar-refractivity contribution in [3.8, 4) is 0 Å². The summed E-state index contributed by atoms with van der Waals surface area (Å²) >= 11 is 0.